The number of carbonyl (C=O) groups is 2. The summed E-state index contributed by atoms with van der Waals surface area (Å²) < 4.78 is 0. The molecule has 4 nitrogen and oxygen atoms in total. The molecule has 1 aromatic rings. The second kappa shape index (κ2) is 10.00. The lowest BCUT2D eigenvalue weighted by molar-refractivity contribution is -0.158. The maximum atomic E-state index is 13.7. The lowest BCUT2D eigenvalue weighted by Crippen LogP contribution is -2.58. The van der Waals surface area contributed by atoms with Crippen LogP contribution in [0.15, 0.2) is 35.9 Å². The van der Waals surface area contributed by atoms with Gasteiger partial charge in [0, 0.05) is 17.6 Å². The van der Waals surface area contributed by atoms with Gasteiger partial charge in [0.25, 0.3) is 5.91 Å². The van der Waals surface area contributed by atoms with Gasteiger partial charge in [-0.3, -0.25) is 9.59 Å². The van der Waals surface area contributed by atoms with Gasteiger partial charge in [-0.05, 0) is 62.6 Å². The third-order valence-corrected chi connectivity index (χ3v) is 7.22. The lowest BCUT2D eigenvalue weighted by Gasteiger charge is -2.43. The molecular formula is C25H33ClN2O2. The molecule has 0 radical (unpaired) electrons. The number of carbonyl (C=O) groups excluding carboxylic acids is 2. The highest BCUT2D eigenvalue weighted by molar-refractivity contribution is 6.30. The van der Waals surface area contributed by atoms with Crippen molar-refractivity contribution < 1.29 is 9.59 Å². The summed E-state index contributed by atoms with van der Waals surface area (Å²) in [5, 5.41) is 0.646. The molecule has 162 valence electrons. The van der Waals surface area contributed by atoms with Crippen LogP contribution in [-0.4, -0.2) is 40.7 Å². The normalized spacial score (nSPS) is 24.0. The van der Waals surface area contributed by atoms with E-state index in [4.69, 9.17) is 11.6 Å². The number of rotatable bonds is 5. The van der Waals surface area contributed by atoms with E-state index < -0.39 is 6.04 Å². The Morgan fingerprint density at radius 1 is 0.933 bits per heavy atom. The Labute approximate surface area is 185 Å². The Morgan fingerprint density at radius 3 is 2.33 bits per heavy atom. The SMILES string of the molecule is O=C1C(c2ccc(Cl)cc2)N(CCC2=CCCCC2)C(=O)CN1C1CCCCCC1. The van der Waals surface area contributed by atoms with Crippen LogP contribution in [0, 0.1) is 0 Å². The van der Waals surface area contributed by atoms with E-state index in [1.54, 1.807) is 0 Å². The van der Waals surface area contributed by atoms with Crippen LogP contribution in [0.3, 0.4) is 0 Å². The van der Waals surface area contributed by atoms with E-state index in [1.807, 2.05) is 34.1 Å². The standard InChI is InChI=1S/C25H33ClN2O2/c26-21-14-12-20(13-15-21)24-25(30)28(22-10-6-1-2-7-11-22)18-23(29)27(24)17-16-19-8-4-3-5-9-19/h8,12-15,22,24H,1-7,9-11,16-18H2. The van der Waals surface area contributed by atoms with Crippen molar-refractivity contribution in [1.29, 1.82) is 0 Å². The van der Waals surface area contributed by atoms with Gasteiger partial charge in [-0.2, -0.15) is 0 Å². The molecule has 30 heavy (non-hydrogen) atoms. The molecule has 0 N–H and O–H groups in total. The summed E-state index contributed by atoms with van der Waals surface area (Å²) in [6.45, 7) is 0.842. The topological polar surface area (TPSA) is 40.6 Å². The molecule has 1 heterocycles. The second-order valence-electron chi connectivity index (χ2n) is 9.01. The smallest absolute Gasteiger partial charge is 0.250 e. The van der Waals surface area contributed by atoms with E-state index in [0.29, 0.717) is 11.6 Å². The molecule has 0 bridgehead atoms. The van der Waals surface area contributed by atoms with Crippen molar-refractivity contribution in [2.75, 3.05) is 13.1 Å². The van der Waals surface area contributed by atoms with Crippen molar-refractivity contribution in [2.24, 2.45) is 0 Å². The molecule has 2 fully saturated rings. The average molecular weight is 429 g/mol. The Bertz CT molecular complexity index is 781. The minimum absolute atomic E-state index is 0.0789. The average Bonchev–Trinajstić information content (AvgIpc) is 3.05. The van der Waals surface area contributed by atoms with Crippen molar-refractivity contribution >= 4 is 23.4 Å². The van der Waals surface area contributed by atoms with Crippen LogP contribution >= 0.6 is 11.6 Å². The number of hydrogen-bond acceptors (Lipinski definition) is 2. The molecule has 1 unspecified atom stereocenters. The van der Waals surface area contributed by atoms with E-state index in [0.717, 1.165) is 50.5 Å². The summed E-state index contributed by atoms with van der Waals surface area (Å²) in [5.41, 5.74) is 2.30. The van der Waals surface area contributed by atoms with E-state index in [9.17, 15) is 9.59 Å². The fraction of sp³-hybridized carbons (Fsp3) is 0.600. The Morgan fingerprint density at radius 2 is 1.67 bits per heavy atom. The summed E-state index contributed by atoms with van der Waals surface area (Å²) in [4.78, 5) is 30.7. The van der Waals surface area contributed by atoms with Gasteiger partial charge in [0.2, 0.25) is 5.91 Å². The summed E-state index contributed by atoms with van der Waals surface area (Å²) in [6.07, 6.45) is 14.7. The third kappa shape index (κ3) is 4.91. The van der Waals surface area contributed by atoms with Crippen LogP contribution in [0.5, 0.6) is 0 Å². The van der Waals surface area contributed by atoms with Crippen LogP contribution in [0.1, 0.15) is 82.2 Å². The molecule has 2 amide bonds. The lowest BCUT2D eigenvalue weighted by atomic mass is 9.94. The fourth-order valence-electron chi connectivity index (χ4n) is 5.24. The zero-order chi connectivity index (χ0) is 20.9. The van der Waals surface area contributed by atoms with Crippen LogP contribution in [-0.2, 0) is 9.59 Å². The molecule has 1 aliphatic heterocycles. The Balaban J connectivity index is 1.58. The molecular weight excluding hydrogens is 396 g/mol. The first-order valence-electron chi connectivity index (χ1n) is 11.7. The van der Waals surface area contributed by atoms with Gasteiger partial charge in [0.15, 0.2) is 0 Å². The van der Waals surface area contributed by atoms with E-state index in [1.165, 1.54) is 31.3 Å². The highest BCUT2D eigenvalue weighted by Crippen LogP contribution is 2.33. The highest BCUT2D eigenvalue weighted by atomic mass is 35.5. The van der Waals surface area contributed by atoms with E-state index in [-0.39, 0.29) is 24.4 Å². The first-order valence-corrected chi connectivity index (χ1v) is 12.0. The highest BCUT2D eigenvalue weighted by Gasteiger charge is 2.42. The van der Waals surface area contributed by atoms with Gasteiger partial charge in [0.05, 0.1) is 0 Å². The molecule has 4 rings (SSSR count). The van der Waals surface area contributed by atoms with Gasteiger partial charge in [-0.15, -0.1) is 0 Å². The number of benzene rings is 1. The summed E-state index contributed by atoms with van der Waals surface area (Å²) in [5.74, 6) is 0.164. The number of amides is 2. The quantitative estimate of drug-likeness (QED) is 0.448. The summed E-state index contributed by atoms with van der Waals surface area (Å²) in [6, 6.07) is 7.11. The van der Waals surface area contributed by atoms with Crippen LogP contribution in [0.4, 0.5) is 0 Å². The number of allylic oxidation sites excluding steroid dienone is 1. The minimum atomic E-state index is -0.532. The molecule has 1 saturated carbocycles. The van der Waals surface area contributed by atoms with Crippen molar-refractivity contribution in [3.8, 4) is 0 Å². The number of piperazine rings is 1. The van der Waals surface area contributed by atoms with Gasteiger partial charge >= 0.3 is 0 Å². The van der Waals surface area contributed by atoms with Crippen LogP contribution < -0.4 is 0 Å². The predicted octanol–water partition coefficient (Wildman–Crippen LogP) is 5.67. The monoisotopic (exact) mass is 428 g/mol. The van der Waals surface area contributed by atoms with E-state index in [2.05, 4.69) is 6.08 Å². The molecule has 0 spiro atoms. The number of halogens is 1. The molecule has 0 aromatic heterocycles. The van der Waals surface area contributed by atoms with Crippen molar-refractivity contribution in [3.63, 3.8) is 0 Å². The molecule has 2 aliphatic carbocycles. The summed E-state index contributed by atoms with van der Waals surface area (Å²) in [7, 11) is 0. The van der Waals surface area contributed by atoms with Gasteiger partial charge in [0.1, 0.15) is 12.6 Å². The molecule has 1 saturated heterocycles. The minimum Gasteiger partial charge on any atom is -0.328 e. The maximum absolute atomic E-state index is 13.7. The predicted molar refractivity (Wildman–Crippen MR) is 120 cm³/mol. The second-order valence-corrected chi connectivity index (χ2v) is 9.45. The molecule has 1 aromatic carbocycles. The summed E-state index contributed by atoms with van der Waals surface area (Å²) >= 11 is 6.10. The Hall–Kier alpha value is -1.81. The zero-order valence-corrected chi connectivity index (χ0v) is 18.6. The van der Waals surface area contributed by atoms with Gasteiger partial charge in [-0.25, -0.2) is 0 Å². The maximum Gasteiger partial charge on any atom is 0.250 e. The first kappa shape index (κ1) is 21.4. The molecule has 5 heteroatoms. The number of hydrogen-bond donors (Lipinski definition) is 0. The van der Waals surface area contributed by atoms with E-state index >= 15 is 0 Å². The van der Waals surface area contributed by atoms with Crippen molar-refractivity contribution in [3.05, 3.63) is 46.5 Å². The number of nitrogens with zero attached hydrogens (tertiary/aromatic N) is 2. The van der Waals surface area contributed by atoms with Gasteiger partial charge in [-0.1, -0.05) is 61.1 Å². The third-order valence-electron chi connectivity index (χ3n) is 6.96. The zero-order valence-electron chi connectivity index (χ0n) is 17.8. The molecule has 3 aliphatic rings. The van der Waals surface area contributed by atoms with Crippen LogP contribution in [0.2, 0.25) is 5.02 Å². The largest absolute Gasteiger partial charge is 0.328 e. The van der Waals surface area contributed by atoms with Crippen molar-refractivity contribution in [2.45, 2.75) is 82.7 Å². The fourth-order valence-corrected chi connectivity index (χ4v) is 5.37. The first-order chi connectivity index (χ1) is 14.6. The Kier molecular flexibility index (Phi) is 7.14. The van der Waals surface area contributed by atoms with Crippen LogP contribution in [0.25, 0.3) is 0 Å². The van der Waals surface area contributed by atoms with Crippen molar-refractivity contribution in [1.82, 2.24) is 9.80 Å². The van der Waals surface area contributed by atoms with Gasteiger partial charge < -0.3 is 9.80 Å². The molecule has 1 atom stereocenters.